The third kappa shape index (κ3) is 4.98. The first-order valence-electron chi connectivity index (χ1n) is 11.5. The van der Waals surface area contributed by atoms with Crippen LogP contribution in [-0.2, 0) is 10.9 Å². The normalized spacial score (nSPS) is 18.2. The molecule has 2 unspecified atom stereocenters. The number of halogens is 3. The summed E-state index contributed by atoms with van der Waals surface area (Å²) in [6, 6.07) is 8.08. The summed E-state index contributed by atoms with van der Waals surface area (Å²) in [6.07, 6.45) is 1.12. The lowest BCUT2D eigenvalue weighted by molar-refractivity contribution is -0.137. The van der Waals surface area contributed by atoms with Gasteiger partial charge in [0.05, 0.1) is 24.9 Å². The van der Waals surface area contributed by atoms with Gasteiger partial charge in [0.15, 0.2) is 0 Å². The number of imidazole rings is 1. The Kier molecular flexibility index (Phi) is 6.52. The number of aliphatic hydroxyl groups excluding tert-OH is 1. The third-order valence-electron chi connectivity index (χ3n) is 6.30. The van der Waals surface area contributed by atoms with Gasteiger partial charge in [-0.25, -0.2) is 15.0 Å². The van der Waals surface area contributed by atoms with Gasteiger partial charge >= 0.3 is 6.18 Å². The van der Waals surface area contributed by atoms with E-state index >= 15 is 0 Å². The average Bonchev–Trinajstić information content (AvgIpc) is 3.29. The van der Waals surface area contributed by atoms with E-state index in [4.69, 9.17) is 15.5 Å². The van der Waals surface area contributed by atoms with E-state index in [9.17, 15) is 23.1 Å². The molecular formula is C25H23F3N6O3. The fourth-order valence-corrected chi connectivity index (χ4v) is 4.37. The number of anilines is 2. The number of hydrogen-bond donors (Lipinski definition) is 3. The van der Waals surface area contributed by atoms with Gasteiger partial charge in [0, 0.05) is 35.6 Å². The van der Waals surface area contributed by atoms with Crippen LogP contribution in [0.15, 0.2) is 55.0 Å². The monoisotopic (exact) mass is 512 g/mol. The number of carbonyl (C=O) groups is 1. The smallest absolute Gasteiger partial charge is 0.394 e. The largest absolute Gasteiger partial charge is 0.416 e. The topological polar surface area (TPSA) is 128 Å². The van der Waals surface area contributed by atoms with Gasteiger partial charge in [-0.2, -0.15) is 13.2 Å². The zero-order valence-electron chi connectivity index (χ0n) is 19.4. The number of aliphatic hydroxyl groups is 1. The molecule has 0 aliphatic carbocycles. The molecule has 37 heavy (non-hydrogen) atoms. The highest BCUT2D eigenvalue weighted by Crippen LogP contribution is 2.34. The van der Waals surface area contributed by atoms with Crippen LogP contribution in [0.2, 0.25) is 0 Å². The molecule has 0 spiro atoms. The number of alkyl halides is 3. The van der Waals surface area contributed by atoms with Gasteiger partial charge in [-0.1, -0.05) is 12.1 Å². The van der Waals surface area contributed by atoms with Gasteiger partial charge in [0.2, 0.25) is 0 Å². The number of rotatable bonds is 5. The Bertz CT molecular complexity index is 1430. The molecule has 1 aliphatic rings. The van der Waals surface area contributed by atoms with Crippen LogP contribution in [0.5, 0.6) is 0 Å². The number of benzene rings is 1. The summed E-state index contributed by atoms with van der Waals surface area (Å²) in [5.41, 5.74) is 7.41. The lowest BCUT2D eigenvalue weighted by atomic mass is 9.98. The lowest BCUT2D eigenvalue weighted by Gasteiger charge is -2.27. The first kappa shape index (κ1) is 24.7. The summed E-state index contributed by atoms with van der Waals surface area (Å²) < 4.78 is 46.5. The van der Waals surface area contributed by atoms with Crippen LogP contribution in [0.4, 0.5) is 24.8 Å². The molecule has 9 nitrogen and oxygen atoms in total. The standard InChI is InChI=1S/C25H23F3N6O3/c26-25(27,28)17-7-8-30-19(11-17)32-24(36)15-3-1-14(2-4-15)20-21-22(29)31-9-10-34(21)23(33-20)16-5-6-18(12-35)37-13-16/h1-4,7-11,16,18,35H,5-6,12-13H2,(H2,29,31)(H,30,32,36). The molecule has 5 rings (SSSR count). The molecule has 4 aromatic rings. The van der Waals surface area contributed by atoms with Crippen LogP contribution in [0.3, 0.4) is 0 Å². The number of nitrogens with zero attached hydrogens (tertiary/aromatic N) is 4. The van der Waals surface area contributed by atoms with E-state index in [0.29, 0.717) is 35.6 Å². The highest BCUT2D eigenvalue weighted by Gasteiger charge is 2.31. The molecule has 0 saturated carbocycles. The number of hydrogen-bond acceptors (Lipinski definition) is 7. The van der Waals surface area contributed by atoms with Crippen LogP contribution in [0.1, 0.15) is 40.5 Å². The molecule has 0 bridgehead atoms. The number of aromatic nitrogens is 4. The van der Waals surface area contributed by atoms with Crippen molar-refractivity contribution in [2.45, 2.75) is 31.0 Å². The Labute approximate surface area is 209 Å². The van der Waals surface area contributed by atoms with Crippen molar-refractivity contribution in [1.82, 2.24) is 19.4 Å². The van der Waals surface area contributed by atoms with E-state index in [0.717, 1.165) is 30.6 Å². The van der Waals surface area contributed by atoms with E-state index in [1.54, 1.807) is 36.7 Å². The SMILES string of the molecule is Nc1nccn2c(C3CCC(CO)OC3)nc(-c3ccc(C(=O)Nc4cc(C(F)(F)F)ccn4)cc3)c12. The Balaban J connectivity index is 1.41. The van der Waals surface area contributed by atoms with Gasteiger partial charge in [0.25, 0.3) is 5.91 Å². The van der Waals surface area contributed by atoms with E-state index < -0.39 is 17.6 Å². The molecule has 2 atom stereocenters. The minimum Gasteiger partial charge on any atom is -0.394 e. The fourth-order valence-electron chi connectivity index (χ4n) is 4.37. The molecular weight excluding hydrogens is 489 g/mol. The van der Waals surface area contributed by atoms with Crippen molar-refractivity contribution in [3.63, 3.8) is 0 Å². The highest BCUT2D eigenvalue weighted by molar-refractivity contribution is 6.04. The van der Waals surface area contributed by atoms with Gasteiger partial charge in [-0.05, 0) is 37.1 Å². The third-order valence-corrected chi connectivity index (χ3v) is 6.30. The molecule has 4 heterocycles. The molecule has 12 heteroatoms. The first-order chi connectivity index (χ1) is 17.7. The van der Waals surface area contributed by atoms with Crippen molar-refractivity contribution in [2.75, 3.05) is 24.3 Å². The maximum Gasteiger partial charge on any atom is 0.416 e. The number of carbonyl (C=O) groups excluding carboxylic acids is 1. The number of nitrogen functional groups attached to an aromatic ring is 1. The molecule has 1 fully saturated rings. The van der Waals surface area contributed by atoms with Crippen molar-refractivity contribution in [1.29, 1.82) is 0 Å². The summed E-state index contributed by atoms with van der Waals surface area (Å²) in [4.78, 5) is 25.5. The maximum atomic E-state index is 12.9. The molecule has 3 aromatic heterocycles. The van der Waals surface area contributed by atoms with Crippen LogP contribution in [0, 0.1) is 0 Å². The molecule has 1 saturated heterocycles. The molecule has 1 aliphatic heterocycles. The Morgan fingerprint density at radius 2 is 1.95 bits per heavy atom. The second-order valence-electron chi connectivity index (χ2n) is 8.72. The Morgan fingerprint density at radius 1 is 1.16 bits per heavy atom. The van der Waals surface area contributed by atoms with Gasteiger partial charge in [-0.15, -0.1) is 0 Å². The minimum atomic E-state index is -4.54. The maximum absolute atomic E-state index is 12.9. The number of pyridine rings is 1. The van der Waals surface area contributed by atoms with Crippen molar-refractivity contribution in [3.05, 3.63) is 71.9 Å². The fraction of sp³-hybridized carbons (Fsp3) is 0.280. The lowest BCUT2D eigenvalue weighted by Crippen LogP contribution is -2.28. The zero-order chi connectivity index (χ0) is 26.2. The van der Waals surface area contributed by atoms with Crippen molar-refractivity contribution in [2.24, 2.45) is 0 Å². The molecule has 192 valence electrons. The number of ether oxygens (including phenoxy) is 1. The van der Waals surface area contributed by atoms with Crippen molar-refractivity contribution >= 4 is 23.1 Å². The summed E-state index contributed by atoms with van der Waals surface area (Å²) in [5.74, 6) is 0.237. The average molecular weight is 512 g/mol. The van der Waals surface area contributed by atoms with Gasteiger partial charge in [0.1, 0.15) is 28.7 Å². The van der Waals surface area contributed by atoms with E-state index in [1.165, 1.54) is 0 Å². The summed E-state index contributed by atoms with van der Waals surface area (Å²) >= 11 is 0. The van der Waals surface area contributed by atoms with E-state index in [2.05, 4.69) is 15.3 Å². The van der Waals surface area contributed by atoms with Gasteiger partial charge < -0.3 is 20.9 Å². The number of nitrogens with two attached hydrogens (primary N) is 1. The Hall–Kier alpha value is -4.03. The van der Waals surface area contributed by atoms with Crippen molar-refractivity contribution < 1.29 is 27.8 Å². The molecule has 0 radical (unpaired) electrons. The minimum absolute atomic E-state index is 0.00383. The summed E-state index contributed by atoms with van der Waals surface area (Å²) in [6.45, 7) is 0.385. The number of nitrogens with one attached hydrogen (secondary N) is 1. The second-order valence-corrected chi connectivity index (χ2v) is 8.72. The van der Waals surface area contributed by atoms with Crippen LogP contribution in [-0.4, -0.2) is 49.7 Å². The predicted octanol–water partition coefficient (Wildman–Crippen LogP) is 3.90. The molecule has 1 amide bonds. The van der Waals surface area contributed by atoms with Crippen molar-refractivity contribution in [3.8, 4) is 11.3 Å². The van der Waals surface area contributed by atoms with Gasteiger partial charge in [-0.3, -0.25) is 9.20 Å². The van der Waals surface area contributed by atoms with E-state index in [1.807, 2.05) is 4.40 Å². The summed E-state index contributed by atoms with van der Waals surface area (Å²) in [7, 11) is 0. The second kappa shape index (κ2) is 9.79. The number of amides is 1. The molecule has 1 aromatic carbocycles. The first-order valence-corrected chi connectivity index (χ1v) is 11.5. The van der Waals surface area contributed by atoms with Crippen LogP contribution >= 0.6 is 0 Å². The summed E-state index contributed by atoms with van der Waals surface area (Å²) in [5, 5.41) is 11.7. The highest BCUT2D eigenvalue weighted by atomic mass is 19.4. The zero-order valence-corrected chi connectivity index (χ0v) is 19.4. The van der Waals surface area contributed by atoms with E-state index in [-0.39, 0.29) is 30.0 Å². The van der Waals surface area contributed by atoms with Crippen LogP contribution in [0.25, 0.3) is 16.8 Å². The van der Waals surface area contributed by atoms with Crippen LogP contribution < -0.4 is 11.1 Å². The predicted molar refractivity (Wildman–Crippen MR) is 129 cm³/mol. The number of fused-ring (bicyclic) bond motifs is 1. The molecule has 4 N–H and O–H groups in total. The Morgan fingerprint density at radius 3 is 2.62 bits per heavy atom. The quantitative estimate of drug-likeness (QED) is 0.370.